The van der Waals surface area contributed by atoms with Gasteiger partial charge in [0, 0.05) is 6.54 Å². The highest BCUT2D eigenvalue weighted by Crippen LogP contribution is 2.39. The molecule has 0 atom stereocenters. The summed E-state index contributed by atoms with van der Waals surface area (Å²) in [5.74, 6) is -0.539. The Morgan fingerprint density at radius 2 is 2.10 bits per heavy atom. The zero-order valence-corrected chi connectivity index (χ0v) is 13.8. The van der Waals surface area contributed by atoms with Gasteiger partial charge in [0.1, 0.15) is 4.88 Å². The zero-order chi connectivity index (χ0) is 15.6. The molecule has 0 spiro atoms. The van der Waals surface area contributed by atoms with Crippen LogP contribution in [0.25, 0.3) is 0 Å². The van der Waals surface area contributed by atoms with Gasteiger partial charge in [-0.1, -0.05) is 18.5 Å². The zero-order valence-electron chi connectivity index (χ0n) is 12.2. The van der Waals surface area contributed by atoms with Crippen molar-refractivity contribution < 1.29 is 14.7 Å². The Morgan fingerprint density at radius 1 is 1.48 bits per heavy atom. The minimum absolute atomic E-state index is 0.168. The number of halogens is 1. The van der Waals surface area contributed by atoms with E-state index in [2.05, 4.69) is 12.2 Å². The number of aliphatic carboxylic acids is 1. The second-order valence-corrected chi connectivity index (χ2v) is 7.27. The summed E-state index contributed by atoms with van der Waals surface area (Å²) < 4.78 is 0. The summed E-state index contributed by atoms with van der Waals surface area (Å²) in [4.78, 5) is 24.3. The molecule has 1 saturated carbocycles. The number of carboxylic acids is 1. The van der Waals surface area contributed by atoms with Crippen LogP contribution in [-0.2, 0) is 4.79 Å². The summed E-state index contributed by atoms with van der Waals surface area (Å²) in [5.41, 5.74) is 0.0345. The number of carbonyl (C=O) groups excluding carboxylic acids is 1. The second kappa shape index (κ2) is 6.36. The van der Waals surface area contributed by atoms with E-state index in [9.17, 15) is 14.7 Å². The Bertz CT molecular complexity index is 547. The Hall–Kier alpha value is -1.07. The fraction of sp³-hybridized carbons (Fsp3) is 0.600. The minimum Gasteiger partial charge on any atom is -0.481 e. The Morgan fingerprint density at radius 3 is 2.57 bits per heavy atom. The summed E-state index contributed by atoms with van der Waals surface area (Å²) in [5, 5.41) is 14.6. The predicted octanol–water partition coefficient (Wildman–Crippen LogP) is 3.72. The van der Waals surface area contributed by atoms with Gasteiger partial charge in [-0.25, -0.2) is 0 Å². The van der Waals surface area contributed by atoms with E-state index in [0.29, 0.717) is 28.7 Å². The maximum atomic E-state index is 12.2. The van der Waals surface area contributed by atoms with Crippen LogP contribution < -0.4 is 5.32 Å². The van der Waals surface area contributed by atoms with Gasteiger partial charge in [-0.15, -0.1) is 11.3 Å². The first-order valence-corrected chi connectivity index (χ1v) is 8.37. The van der Waals surface area contributed by atoms with E-state index < -0.39 is 11.4 Å². The number of thiophene rings is 1. The van der Waals surface area contributed by atoms with Crippen LogP contribution in [0, 0.1) is 18.3 Å². The molecule has 1 aliphatic carbocycles. The largest absolute Gasteiger partial charge is 0.481 e. The Kier molecular flexibility index (Phi) is 4.94. The number of carboxylic acid groups (broad SMARTS) is 1. The van der Waals surface area contributed by atoms with E-state index in [4.69, 9.17) is 11.6 Å². The molecule has 1 aromatic rings. The van der Waals surface area contributed by atoms with Gasteiger partial charge in [0.25, 0.3) is 5.91 Å². The lowest BCUT2D eigenvalue weighted by atomic mass is 9.71. The van der Waals surface area contributed by atoms with Crippen molar-refractivity contribution in [2.45, 2.75) is 39.5 Å². The average molecular weight is 330 g/mol. The van der Waals surface area contributed by atoms with Crippen molar-refractivity contribution in [2.24, 2.45) is 11.3 Å². The first-order valence-electron chi connectivity index (χ1n) is 7.11. The van der Waals surface area contributed by atoms with Crippen LogP contribution in [0.3, 0.4) is 0 Å². The van der Waals surface area contributed by atoms with Crippen molar-refractivity contribution in [1.29, 1.82) is 0 Å². The van der Waals surface area contributed by atoms with E-state index in [1.165, 1.54) is 11.3 Å². The quantitative estimate of drug-likeness (QED) is 0.884. The summed E-state index contributed by atoms with van der Waals surface area (Å²) in [7, 11) is 0. The molecule has 6 heteroatoms. The number of hydrogen-bond acceptors (Lipinski definition) is 3. The Balaban J connectivity index is 2.04. The summed E-state index contributed by atoms with van der Waals surface area (Å²) >= 11 is 7.36. The van der Waals surface area contributed by atoms with Crippen molar-refractivity contribution >= 4 is 34.8 Å². The van der Waals surface area contributed by atoms with E-state index in [0.717, 1.165) is 18.4 Å². The van der Waals surface area contributed by atoms with Crippen molar-refractivity contribution in [1.82, 2.24) is 5.32 Å². The lowest BCUT2D eigenvalue weighted by molar-refractivity contribution is -0.151. The molecule has 1 amide bonds. The molecule has 2 N–H and O–H groups in total. The van der Waals surface area contributed by atoms with E-state index >= 15 is 0 Å². The molecular formula is C15H20ClNO3S. The van der Waals surface area contributed by atoms with Crippen LogP contribution >= 0.6 is 22.9 Å². The molecule has 0 radical (unpaired) electrons. The third-order valence-electron chi connectivity index (χ3n) is 4.38. The Labute approximate surface area is 133 Å². The number of carbonyl (C=O) groups is 2. The summed E-state index contributed by atoms with van der Waals surface area (Å²) in [6.45, 7) is 4.15. The number of rotatable bonds is 4. The maximum Gasteiger partial charge on any atom is 0.311 e. The highest BCUT2D eigenvalue weighted by molar-refractivity contribution is 7.13. The molecule has 21 heavy (non-hydrogen) atoms. The third-order valence-corrected chi connectivity index (χ3v) is 6.07. The van der Waals surface area contributed by atoms with Gasteiger partial charge < -0.3 is 10.4 Å². The van der Waals surface area contributed by atoms with Crippen molar-refractivity contribution in [2.75, 3.05) is 6.54 Å². The monoisotopic (exact) mass is 329 g/mol. The molecule has 1 heterocycles. The van der Waals surface area contributed by atoms with E-state index in [1.807, 2.05) is 12.3 Å². The normalized spacial score (nSPS) is 25.6. The second-order valence-electron chi connectivity index (χ2n) is 6.01. The van der Waals surface area contributed by atoms with Crippen LogP contribution in [0.1, 0.15) is 47.8 Å². The van der Waals surface area contributed by atoms with Gasteiger partial charge in [0.2, 0.25) is 0 Å². The molecule has 4 nitrogen and oxygen atoms in total. The van der Waals surface area contributed by atoms with E-state index in [-0.39, 0.29) is 12.5 Å². The first-order chi connectivity index (χ1) is 9.85. The molecule has 0 aliphatic heterocycles. The standard InChI is InChI=1S/C15H20ClNO3S/c1-9-3-5-15(6-4-9,14(19)20)8-17-13(18)12-11(16)10(2)7-21-12/h7,9H,3-6,8H2,1-2H3,(H,17,18)(H,19,20). The third kappa shape index (κ3) is 3.40. The van der Waals surface area contributed by atoms with Crippen LogP contribution in [0.2, 0.25) is 5.02 Å². The van der Waals surface area contributed by atoms with Crippen molar-refractivity contribution in [3.05, 3.63) is 20.8 Å². The highest BCUT2D eigenvalue weighted by atomic mass is 35.5. The fourth-order valence-corrected chi connectivity index (χ4v) is 3.89. The van der Waals surface area contributed by atoms with Crippen LogP contribution in [0.4, 0.5) is 0 Å². The van der Waals surface area contributed by atoms with Crippen LogP contribution in [0.5, 0.6) is 0 Å². The number of aryl methyl sites for hydroxylation is 1. The topological polar surface area (TPSA) is 66.4 Å². The van der Waals surface area contributed by atoms with Crippen molar-refractivity contribution in [3.8, 4) is 0 Å². The molecule has 116 valence electrons. The lowest BCUT2D eigenvalue weighted by Crippen LogP contribution is -2.45. The van der Waals surface area contributed by atoms with Gasteiger partial charge in [0.05, 0.1) is 10.4 Å². The van der Waals surface area contributed by atoms with E-state index in [1.54, 1.807) is 0 Å². The molecule has 1 fully saturated rings. The van der Waals surface area contributed by atoms with Gasteiger partial charge in [0.15, 0.2) is 0 Å². The highest BCUT2D eigenvalue weighted by Gasteiger charge is 2.41. The molecular weight excluding hydrogens is 310 g/mol. The molecule has 1 aromatic heterocycles. The number of nitrogens with one attached hydrogen (secondary N) is 1. The average Bonchev–Trinajstić information content (AvgIpc) is 2.78. The maximum absolute atomic E-state index is 12.2. The lowest BCUT2D eigenvalue weighted by Gasteiger charge is -2.35. The molecule has 2 rings (SSSR count). The van der Waals surface area contributed by atoms with Crippen LogP contribution in [0.15, 0.2) is 5.38 Å². The SMILES string of the molecule is Cc1csc(C(=O)NCC2(C(=O)O)CCC(C)CC2)c1Cl. The predicted molar refractivity (Wildman–Crippen MR) is 84.1 cm³/mol. The molecule has 0 unspecified atom stereocenters. The number of amides is 1. The smallest absolute Gasteiger partial charge is 0.311 e. The van der Waals surface area contributed by atoms with Crippen molar-refractivity contribution in [3.63, 3.8) is 0 Å². The van der Waals surface area contributed by atoms with Gasteiger partial charge in [-0.2, -0.15) is 0 Å². The first kappa shape index (κ1) is 16.3. The summed E-state index contributed by atoms with van der Waals surface area (Å²) in [6.07, 6.45) is 3.00. The van der Waals surface area contributed by atoms with Crippen LogP contribution in [-0.4, -0.2) is 23.5 Å². The number of hydrogen-bond donors (Lipinski definition) is 2. The fourth-order valence-electron chi connectivity index (χ4n) is 2.69. The van der Waals surface area contributed by atoms with Gasteiger partial charge in [-0.05, 0) is 49.5 Å². The molecule has 0 aromatic carbocycles. The summed E-state index contributed by atoms with van der Waals surface area (Å²) in [6, 6.07) is 0. The van der Waals surface area contributed by atoms with Gasteiger partial charge >= 0.3 is 5.97 Å². The molecule has 0 bridgehead atoms. The molecule has 0 saturated heterocycles. The van der Waals surface area contributed by atoms with Gasteiger partial charge in [-0.3, -0.25) is 9.59 Å². The molecule has 1 aliphatic rings. The minimum atomic E-state index is -0.832.